The van der Waals surface area contributed by atoms with Crippen molar-refractivity contribution in [3.05, 3.63) is 94.5 Å². The highest BCUT2D eigenvalue weighted by Crippen LogP contribution is 2.28. The van der Waals surface area contributed by atoms with Crippen LogP contribution in [0.5, 0.6) is 0 Å². The number of carbonyl (C=O) groups is 5. The Hall–Kier alpha value is -4.83. The summed E-state index contributed by atoms with van der Waals surface area (Å²) < 4.78 is 0. The van der Waals surface area contributed by atoms with E-state index >= 15 is 0 Å². The standard InChI is InChI=1S/C29H26ClN5O5/c1-17(37)13-20(16-36)32-25(38)15-35-24-10-6-5-9-21(24)26(18-7-3-2-4-8-18)33-27(29(35)40)34-28(39)19-11-12-23(31)22(30)14-19/h2-12,14,16,20,27H,13,15,31H2,1H3,(H,32,38)(H,34,39)/t20-,27?/m0/s1. The summed E-state index contributed by atoms with van der Waals surface area (Å²) in [6.07, 6.45) is -1.13. The quantitative estimate of drug-likeness (QED) is 0.271. The molecule has 0 fully saturated rings. The van der Waals surface area contributed by atoms with Gasteiger partial charge in [-0.2, -0.15) is 0 Å². The average molecular weight is 560 g/mol. The number of Topliss-reactive ketones (excluding diaryl/α,β-unsaturated/α-hetero) is 1. The number of carbonyl (C=O) groups excluding carboxylic acids is 5. The fourth-order valence-corrected chi connectivity index (χ4v) is 4.41. The van der Waals surface area contributed by atoms with E-state index < -0.39 is 36.5 Å². The predicted octanol–water partition coefficient (Wildman–Crippen LogP) is 2.53. The van der Waals surface area contributed by atoms with Crippen LogP contribution in [0.4, 0.5) is 11.4 Å². The van der Waals surface area contributed by atoms with Gasteiger partial charge in [-0.1, -0.05) is 60.1 Å². The second kappa shape index (κ2) is 12.4. The minimum Gasteiger partial charge on any atom is -0.398 e. The highest BCUT2D eigenvalue weighted by atomic mass is 35.5. The molecule has 3 aromatic rings. The maximum absolute atomic E-state index is 13.9. The summed E-state index contributed by atoms with van der Waals surface area (Å²) in [6.45, 7) is 0.816. The molecule has 3 aromatic carbocycles. The fourth-order valence-electron chi connectivity index (χ4n) is 4.23. The number of nitrogen functional groups attached to an aromatic ring is 1. The highest BCUT2D eigenvalue weighted by Gasteiger charge is 2.34. The second-order valence-electron chi connectivity index (χ2n) is 9.11. The third-order valence-electron chi connectivity index (χ3n) is 6.11. The number of nitrogens with one attached hydrogen (secondary N) is 2. The Kier molecular flexibility index (Phi) is 8.70. The van der Waals surface area contributed by atoms with Gasteiger partial charge in [-0.25, -0.2) is 4.99 Å². The van der Waals surface area contributed by atoms with Crippen LogP contribution in [0.25, 0.3) is 0 Å². The molecule has 0 saturated carbocycles. The van der Waals surface area contributed by atoms with Gasteiger partial charge in [0.05, 0.1) is 28.2 Å². The van der Waals surface area contributed by atoms with E-state index in [1.165, 1.54) is 30.0 Å². The van der Waals surface area contributed by atoms with Crippen LogP contribution in [0, 0.1) is 0 Å². The van der Waals surface area contributed by atoms with Gasteiger partial charge in [-0.05, 0) is 31.2 Å². The molecule has 0 radical (unpaired) electrons. The first-order valence-electron chi connectivity index (χ1n) is 12.3. The monoisotopic (exact) mass is 559 g/mol. The molecule has 3 amide bonds. The molecule has 4 N–H and O–H groups in total. The van der Waals surface area contributed by atoms with Crippen LogP contribution in [-0.2, 0) is 19.2 Å². The number of aldehydes is 1. The molecular weight excluding hydrogens is 534 g/mol. The zero-order valence-electron chi connectivity index (χ0n) is 21.5. The highest BCUT2D eigenvalue weighted by molar-refractivity contribution is 6.33. The number of nitrogens with zero attached hydrogens (tertiary/aromatic N) is 2. The summed E-state index contributed by atoms with van der Waals surface area (Å²) in [7, 11) is 0. The van der Waals surface area contributed by atoms with Crippen molar-refractivity contribution in [3.63, 3.8) is 0 Å². The SMILES string of the molecule is CC(=O)C[C@@H](C=O)NC(=O)CN1C(=O)C(NC(=O)c2ccc(N)c(Cl)c2)N=C(c2ccccc2)c2ccccc21. The lowest BCUT2D eigenvalue weighted by molar-refractivity contribution is -0.126. The van der Waals surface area contributed by atoms with E-state index in [9.17, 15) is 24.0 Å². The molecule has 0 spiro atoms. The van der Waals surface area contributed by atoms with Gasteiger partial charge in [0, 0.05) is 23.1 Å². The van der Waals surface area contributed by atoms with Gasteiger partial charge in [0.25, 0.3) is 11.8 Å². The first-order chi connectivity index (χ1) is 19.2. The van der Waals surface area contributed by atoms with Gasteiger partial charge in [0.2, 0.25) is 12.1 Å². The zero-order chi connectivity index (χ0) is 28.8. The molecule has 10 nitrogen and oxygen atoms in total. The Bertz CT molecular complexity index is 1510. The number of rotatable bonds is 9. The maximum atomic E-state index is 13.9. The largest absolute Gasteiger partial charge is 0.398 e. The molecule has 1 aliphatic rings. The smallest absolute Gasteiger partial charge is 0.272 e. The van der Waals surface area contributed by atoms with Crippen molar-refractivity contribution in [2.75, 3.05) is 17.2 Å². The first kappa shape index (κ1) is 28.2. The van der Waals surface area contributed by atoms with E-state index in [2.05, 4.69) is 15.6 Å². The Morgan fingerprint density at radius 1 is 1.07 bits per heavy atom. The maximum Gasteiger partial charge on any atom is 0.272 e. The van der Waals surface area contributed by atoms with Crippen LogP contribution in [0.3, 0.4) is 0 Å². The number of ketones is 1. The summed E-state index contributed by atoms with van der Waals surface area (Å²) in [4.78, 5) is 68.8. The van der Waals surface area contributed by atoms with E-state index in [0.29, 0.717) is 34.5 Å². The predicted molar refractivity (Wildman–Crippen MR) is 151 cm³/mol. The van der Waals surface area contributed by atoms with Crippen LogP contribution in [0.1, 0.15) is 34.8 Å². The summed E-state index contributed by atoms with van der Waals surface area (Å²) in [5.74, 6) is -2.26. The van der Waals surface area contributed by atoms with Gasteiger partial charge in [0.1, 0.15) is 18.6 Å². The minimum atomic E-state index is -1.42. The van der Waals surface area contributed by atoms with Crippen molar-refractivity contribution < 1.29 is 24.0 Å². The minimum absolute atomic E-state index is 0.160. The summed E-state index contributed by atoms with van der Waals surface area (Å²) in [6, 6.07) is 19.3. The molecule has 2 atom stereocenters. The number of hydrogen-bond acceptors (Lipinski definition) is 7. The van der Waals surface area contributed by atoms with Crippen molar-refractivity contribution in [2.45, 2.75) is 25.6 Å². The summed E-state index contributed by atoms with van der Waals surface area (Å²) >= 11 is 6.09. The number of aliphatic imine (C=N–C) groups is 1. The molecule has 1 unspecified atom stereocenters. The van der Waals surface area contributed by atoms with E-state index in [1.54, 1.807) is 24.3 Å². The van der Waals surface area contributed by atoms with E-state index in [1.807, 2.05) is 30.3 Å². The molecule has 40 heavy (non-hydrogen) atoms. The van der Waals surface area contributed by atoms with Crippen molar-refractivity contribution in [1.82, 2.24) is 10.6 Å². The fraction of sp³-hybridized carbons (Fsp3) is 0.172. The number of benzene rings is 3. The number of amides is 3. The summed E-state index contributed by atoms with van der Waals surface area (Å²) in [5, 5.41) is 5.29. The van der Waals surface area contributed by atoms with Crippen LogP contribution in [0.2, 0.25) is 5.02 Å². The van der Waals surface area contributed by atoms with E-state index in [0.717, 1.165) is 0 Å². The molecule has 1 aliphatic heterocycles. The van der Waals surface area contributed by atoms with Gasteiger partial charge < -0.3 is 21.2 Å². The lowest BCUT2D eigenvalue weighted by Gasteiger charge is -2.25. The van der Waals surface area contributed by atoms with Crippen molar-refractivity contribution >= 4 is 58.5 Å². The molecule has 11 heteroatoms. The molecule has 0 saturated heterocycles. The Morgan fingerprint density at radius 3 is 2.45 bits per heavy atom. The topological polar surface area (TPSA) is 151 Å². The molecule has 0 bridgehead atoms. The third kappa shape index (κ3) is 6.41. The molecule has 204 valence electrons. The van der Waals surface area contributed by atoms with Crippen LogP contribution in [-0.4, -0.2) is 54.3 Å². The number of halogens is 1. The van der Waals surface area contributed by atoms with Gasteiger partial charge in [-0.3, -0.25) is 24.1 Å². The molecule has 0 aromatic heterocycles. The second-order valence-corrected chi connectivity index (χ2v) is 9.52. The summed E-state index contributed by atoms with van der Waals surface area (Å²) in [5.41, 5.74) is 8.26. The lowest BCUT2D eigenvalue weighted by atomic mass is 10.0. The number of anilines is 2. The van der Waals surface area contributed by atoms with Crippen molar-refractivity contribution in [2.24, 2.45) is 4.99 Å². The van der Waals surface area contributed by atoms with E-state index in [-0.39, 0.29) is 22.8 Å². The van der Waals surface area contributed by atoms with Gasteiger partial charge in [-0.15, -0.1) is 0 Å². The third-order valence-corrected chi connectivity index (χ3v) is 6.43. The molecule has 1 heterocycles. The zero-order valence-corrected chi connectivity index (χ0v) is 22.2. The molecular formula is C29H26ClN5O5. The first-order valence-corrected chi connectivity index (χ1v) is 12.7. The number of hydrogen-bond donors (Lipinski definition) is 3. The Balaban J connectivity index is 1.74. The Morgan fingerprint density at radius 2 is 1.77 bits per heavy atom. The van der Waals surface area contributed by atoms with Gasteiger partial charge >= 0.3 is 0 Å². The van der Waals surface area contributed by atoms with Crippen LogP contribution < -0.4 is 21.3 Å². The van der Waals surface area contributed by atoms with Crippen molar-refractivity contribution in [1.29, 1.82) is 0 Å². The van der Waals surface area contributed by atoms with E-state index in [4.69, 9.17) is 17.3 Å². The van der Waals surface area contributed by atoms with Gasteiger partial charge in [0.15, 0.2) is 0 Å². The molecule has 0 aliphatic carbocycles. The number of benzodiazepines with no additional fused rings is 1. The molecule has 4 rings (SSSR count). The lowest BCUT2D eigenvalue weighted by Crippen LogP contribution is -2.51. The number of para-hydroxylation sites is 1. The Labute approximate surface area is 235 Å². The average Bonchev–Trinajstić information content (AvgIpc) is 3.05. The van der Waals surface area contributed by atoms with Crippen molar-refractivity contribution in [3.8, 4) is 0 Å². The number of fused-ring (bicyclic) bond motifs is 1. The number of nitrogens with two attached hydrogens (primary N) is 1. The normalized spacial score (nSPS) is 15.2. The van der Waals surface area contributed by atoms with Crippen LogP contribution >= 0.6 is 11.6 Å². The van der Waals surface area contributed by atoms with Crippen LogP contribution in [0.15, 0.2) is 77.8 Å².